The van der Waals surface area contributed by atoms with E-state index in [0.717, 1.165) is 25.7 Å². The standard InChI is InChI=1S/C19H29N7O2.ClH/c1-19(2,3)14(18-24-16(26-28-18)15-21-9-22-25-15)23-17(27)12-7-10-5-4-6-11(8-12)13(10)20;/h9-14H,4-8,20H2,1-3H3,(H,23,27)(H,21,22,25);1H. The van der Waals surface area contributed by atoms with Crippen molar-refractivity contribution in [3.05, 3.63) is 12.2 Å². The van der Waals surface area contributed by atoms with Crippen LogP contribution in [0.25, 0.3) is 11.6 Å². The maximum atomic E-state index is 13.1. The van der Waals surface area contributed by atoms with Crippen LogP contribution < -0.4 is 11.1 Å². The maximum Gasteiger partial charge on any atom is 0.250 e. The molecule has 29 heavy (non-hydrogen) atoms. The number of amides is 1. The van der Waals surface area contributed by atoms with E-state index < -0.39 is 0 Å². The second kappa shape index (κ2) is 8.39. The van der Waals surface area contributed by atoms with Gasteiger partial charge < -0.3 is 15.6 Å². The molecule has 3 atom stereocenters. The molecule has 10 heteroatoms. The number of halogens is 1. The van der Waals surface area contributed by atoms with Crippen LogP contribution in [0.1, 0.15) is 64.8 Å². The van der Waals surface area contributed by atoms with Crippen LogP contribution in [0.2, 0.25) is 0 Å². The molecule has 1 amide bonds. The quantitative estimate of drug-likeness (QED) is 0.687. The molecule has 2 aliphatic carbocycles. The number of fused-ring (bicyclic) bond motifs is 2. The Hall–Kier alpha value is -2.00. The molecule has 0 aliphatic heterocycles. The van der Waals surface area contributed by atoms with E-state index in [4.69, 9.17) is 10.3 Å². The van der Waals surface area contributed by atoms with Gasteiger partial charge in [-0.2, -0.15) is 10.1 Å². The van der Waals surface area contributed by atoms with Crippen LogP contribution in [-0.2, 0) is 4.79 Å². The predicted octanol–water partition coefficient (Wildman–Crippen LogP) is 2.63. The Morgan fingerprint density at radius 2 is 2.00 bits per heavy atom. The fourth-order valence-electron chi connectivity index (χ4n) is 4.67. The average Bonchev–Trinajstić information content (AvgIpc) is 3.29. The van der Waals surface area contributed by atoms with E-state index in [1.807, 2.05) is 20.8 Å². The molecule has 3 unspecified atom stereocenters. The second-order valence-electron chi connectivity index (χ2n) is 9.29. The molecule has 2 aliphatic rings. The lowest BCUT2D eigenvalue weighted by Gasteiger charge is -2.44. The van der Waals surface area contributed by atoms with Gasteiger partial charge in [0.15, 0.2) is 5.82 Å². The molecule has 4 N–H and O–H groups in total. The summed E-state index contributed by atoms with van der Waals surface area (Å²) < 4.78 is 5.47. The van der Waals surface area contributed by atoms with Gasteiger partial charge in [0.1, 0.15) is 12.4 Å². The SMILES string of the molecule is CC(C)(C)C(NC(=O)C1CC2CCCC(C1)C2N)c1nc(-c2ncn[nH]2)no1.Cl. The molecule has 2 aromatic heterocycles. The third-order valence-corrected chi connectivity index (χ3v) is 6.25. The molecule has 0 aromatic carbocycles. The molecule has 0 saturated heterocycles. The molecule has 2 aromatic rings. The van der Waals surface area contributed by atoms with E-state index in [1.165, 1.54) is 12.7 Å². The number of hydrogen-bond donors (Lipinski definition) is 3. The number of H-pyrrole nitrogens is 1. The summed E-state index contributed by atoms with van der Waals surface area (Å²) in [5.74, 6) is 2.10. The molecule has 2 fully saturated rings. The van der Waals surface area contributed by atoms with Crippen molar-refractivity contribution in [1.29, 1.82) is 0 Å². The molecule has 160 valence electrons. The number of rotatable bonds is 4. The highest BCUT2D eigenvalue weighted by atomic mass is 35.5. The van der Waals surface area contributed by atoms with E-state index in [9.17, 15) is 4.79 Å². The van der Waals surface area contributed by atoms with Crippen molar-refractivity contribution in [2.24, 2.45) is 28.9 Å². The Kier molecular flexibility index (Phi) is 6.28. The summed E-state index contributed by atoms with van der Waals surface area (Å²) in [6.45, 7) is 6.13. The molecule has 2 saturated carbocycles. The monoisotopic (exact) mass is 423 g/mol. The highest BCUT2D eigenvalue weighted by Crippen LogP contribution is 2.42. The van der Waals surface area contributed by atoms with Crippen LogP contribution in [0.4, 0.5) is 0 Å². The third-order valence-electron chi connectivity index (χ3n) is 6.25. The van der Waals surface area contributed by atoms with Crippen molar-refractivity contribution in [3.63, 3.8) is 0 Å². The normalized spacial score (nSPS) is 27.7. The summed E-state index contributed by atoms with van der Waals surface area (Å²) >= 11 is 0. The van der Waals surface area contributed by atoms with Gasteiger partial charge in [0, 0.05) is 12.0 Å². The minimum Gasteiger partial charge on any atom is -0.344 e. The lowest BCUT2D eigenvalue weighted by Crippen LogP contribution is -2.50. The summed E-state index contributed by atoms with van der Waals surface area (Å²) in [5, 5.41) is 13.7. The number of hydrogen-bond acceptors (Lipinski definition) is 7. The van der Waals surface area contributed by atoms with Crippen LogP contribution in [0.15, 0.2) is 10.9 Å². The fraction of sp³-hybridized carbons (Fsp3) is 0.737. The van der Waals surface area contributed by atoms with E-state index in [1.54, 1.807) is 0 Å². The lowest BCUT2D eigenvalue weighted by atomic mass is 9.65. The Balaban J connectivity index is 0.00000240. The van der Waals surface area contributed by atoms with Gasteiger partial charge in [-0.25, -0.2) is 4.98 Å². The van der Waals surface area contributed by atoms with Gasteiger partial charge in [0.25, 0.3) is 0 Å². The summed E-state index contributed by atoms with van der Waals surface area (Å²) in [6, 6.07) is -0.142. The minimum absolute atomic E-state index is 0. The Labute approximate surface area is 176 Å². The van der Waals surface area contributed by atoms with Gasteiger partial charge >= 0.3 is 0 Å². The minimum atomic E-state index is -0.389. The molecule has 9 nitrogen and oxygen atoms in total. The van der Waals surface area contributed by atoms with E-state index in [2.05, 4.69) is 30.6 Å². The molecular weight excluding hydrogens is 394 g/mol. The molecule has 0 spiro atoms. The smallest absolute Gasteiger partial charge is 0.250 e. The molecule has 4 rings (SSSR count). The van der Waals surface area contributed by atoms with Crippen molar-refractivity contribution < 1.29 is 9.32 Å². The van der Waals surface area contributed by atoms with Crippen molar-refractivity contribution in [1.82, 2.24) is 30.6 Å². The lowest BCUT2D eigenvalue weighted by molar-refractivity contribution is -0.129. The van der Waals surface area contributed by atoms with Crippen LogP contribution >= 0.6 is 12.4 Å². The van der Waals surface area contributed by atoms with Crippen molar-refractivity contribution in [3.8, 4) is 11.6 Å². The Bertz CT molecular complexity index is 803. The largest absolute Gasteiger partial charge is 0.344 e. The van der Waals surface area contributed by atoms with Gasteiger partial charge in [0.05, 0.1) is 0 Å². The molecule has 2 bridgehead atoms. The number of nitrogens with one attached hydrogen (secondary N) is 2. The fourth-order valence-corrected chi connectivity index (χ4v) is 4.67. The van der Waals surface area contributed by atoms with Crippen LogP contribution in [0, 0.1) is 23.2 Å². The number of carbonyl (C=O) groups is 1. The summed E-state index contributed by atoms with van der Waals surface area (Å²) in [7, 11) is 0. The predicted molar refractivity (Wildman–Crippen MR) is 109 cm³/mol. The van der Waals surface area contributed by atoms with Crippen LogP contribution in [0.5, 0.6) is 0 Å². The number of aromatic amines is 1. The van der Waals surface area contributed by atoms with E-state index >= 15 is 0 Å². The maximum absolute atomic E-state index is 13.1. The van der Waals surface area contributed by atoms with Crippen LogP contribution in [0.3, 0.4) is 0 Å². The van der Waals surface area contributed by atoms with Crippen molar-refractivity contribution in [2.45, 2.75) is 65.0 Å². The van der Waals surface area contributed by atoms with Gasteiger partial charge in [-0.05, 0) is 42.9 Å². The summed E-state index contributed by atoms with van der Waals surface area (Å²) in [6.07, 6.45) is 6.62. The van der Waals surface area contributed by atoms with Gasteiger partial charge in [0.2, 0.25) is 17.6 Å². The van der Waals surface area contributed by atoms with Crippen molar-refractivity contribution in [2.75, 3.05) is 0 Å². The van der Waals surface area contributed by atoms with E-state index in [0.29, 0.717) is 29.4 Å². The number of nitrogens with zero attached hydrogens (tertiary/aromatic N) is 4. The second-order valence-corrected chi connectivity index (χ2v) is 9.29. The zero-order valence-corrected chi connectivity index (χ0v) is 17.9. The zero-order valence-electron chi connectivity index (χ0n) is 17.1. The summed E-state index contributed by atoms with van der Waals surface area (Å²) in [5.41, 5.74) is 6.09. The highest BCUT2D eigenvalue weighted by molar-refractivity contribution is 5.85. The first-order chi connectivity index (χ1) is 13.3. The molecule has 2 heterocycles. The average molecular weight is 424 g/mol. The first-order valence-electron chi connectivity index (χ1n) is 10.1. The van der Waals surface area contributed by atoms with Gasteiger partial charge in [-0.15, -0.1) is 12.4 Å². The molecule has 0 radical (unpaired) electrons. The Morgan fingerprint density at radius 3 is 2.59 bits per heavy atom. The first kappa shape index (κ1) is 21.7. The summed E-state index contributed by atoms with van der Waals surface area (Å²) in [4.78, 5) is 21.6. The first-order valence-corrected chi connectivity index (χ1v) is 10.1. The zero-order chi connectivity index (χ0) is 19.9. The number of nitrogens with two attached hydrogens (primary N) is 1. The Morgan fingerprint density at radius 1 is 1.31 bits per heavy atom. The van der Waals surface area contributed by atoms with E-state index in [-0.39, 0.29) is 41.7 Å². The van der Waals surface area contributed by atoms with Gasteiger partial charge in [-0.3, -0.25) is 9.89 Å². The number of carbonyl (C=O) groups excluding carboxylic acids is 1. The van der Waals surface area contributed by atoms with Gasteiger partial charge in [-0.1, -0.05) is 32.3 Å². The van der Waals surface area contributed by atoms with Crippen molar-refractivity contribution >= 4 is 18.3 Å². The topological polar surface area (TPSA) is 136 Å². The third kappa shape index (κ3) is 4.45. The van der Waals surface area contributed by atoms with Crippen LogP contribution in [-0.4, -0.2) is 37.3 Å². The molecular formula is C19H30ClN7O2. The number of aromatic nitrogens is 5. The highest BCUT2D eigenvalue weighted by Gasteiger charge is 2.42.